The average Bonchev–Trinajstić information content (AvgIpc) is 2.72. The van der Waals surface area contributed by atoms with Crippen LogP contribution >= 0.6 is 0 Å². The lowest BCUT2D eigenvalue weighted by molar-refractivity contribution is -0.0938. The van der Waals surface area contributed by atoms with Crippen molar-refractivity contribution in [3.8, 4) is 0 Å². The molecular weight excluding hydrogens is 192 g/mol. The van der Waals surface area contributed by atoms with E-state index in [1.54, 1.807) is 0 Å². The second kappa shape index (κ2) is 5.28. The van der Waals surface area contributed by atoms with E-state index in [9.17, 15) is 5.11 Å². The van der Waals surface area contributed by atoms with Crippen molar-refractivity contribution in [2.45, 2.75) is 57.3 Å². The van der Waals surface area contributed by atoms with Gasteiger partial charge in [-0.15, -0.1) is 0 Å². The molecule has 0 aromatic rings. The van der Waals surface area contributed by atoms with Gasteiger partial charge in [-0.2, -0.15) is 0 Å². The number of ether oxygens (including phenoxy) is 2. The van der Waals surface area contributed by atoms with E-state index in [1.807, 2.05) is 0 Å². The second-order valence-corrected chi connectivity index (χ2v) is 4.99. The van der Waals surface area contributed by atoms with E-state index < -0.39 is 0 Å². The molecule has 1 N–H and O–H groups in total. The summed E-state index contributed by atoms with van der Waals surface area (Å²) in [6.07, 6.45) is 5.32. The highest BCUT2D eigenvalue weighted by atomic mass is 16.5. The SMILES string of the molecule is CC1CCC(O)C(OCC2CCCO2)C1. The van der Waals surface area contributed by atoms with Crippen LogP contribution in [0.4, 0.5) is 0 Å². The summed E-state index contributed by atoms with van der Waals surface area (Å²) in [4.78, 5) is 0. The van der Waals surface area contributed by atoms with Gasteiger partial charge in [-0.25, -0.2) is 0 Å². The first-order chi connectivity index (χ1) is 7.25. The summed E-state index contributed by atoms with van der Waals surface area (Å²) in [6.45, 7) is 3.76. The van der Waals surface area contributed by atoms with Crippen LogP contribution in [0.15, 0.2) is 0 Å². The lowest BCUT2D eigenvalue weighted by Gasteiger charge is -2.32. The third-order valence-corrected chi connectivity index (χ3v) is 3.54. The van der Waals surface area contributed by atoms with Crippen molar-refractivity contribution < 1.29 is 14.6 Å². The summed E-state index contributed by atoms with van der Waals surface area (Å²) in [6, 6.07) is 0. The van der Waals surface area contributed by atoms with Crippen molar-refractivity contribution in [1.29, 1.82) is 0 Å². The number of hydrogen-bond acceptors (Lipinski definition) is 3. The first kappa shape index (κ1) is 11.4. The zero-order valence-electron chi connectivity index (χ0n) is 9.52. The van der Waals surface area contributed by atoms with Crippen LogP contribution in [-0.4, -0.2) is 36.6 Å². The van der Waals surface area contributed by atoms with E-state index in [0.717, 1.165) is 38.7 Å². The second-order valence-electron chi connectivity index (χ2n) is 4.99. The maximum Gasteiger partial charge on any atom is 0.0837 e. The molecular formula is C12H22O3. The fraction of sp³-hybridized carbons (Fsp3) is 1.00. The average molecular weight is 214 g/mol. The van der Waals surface area contributed by atoms with Crippen LogP contribution in [0.1, 0.15) is 39.0 Å². The summed E-state index contributed by atoms with van der Waals surface area (Å²) in [7, 11) is 0. The quantitative estimate of drug-likeness (QED) is 0.777. The highest BCUT2D eigenvalue weighted by molar-refractivity contribution is 4.79. The smallest absolute Gasteiger partial charge is 0.0837 e. The molecule has 0 amide bonds. The highest BCUT2D eigenvalue weighted by Gasteiger charge is 2.28. The van der Waals surface area contributed by atoms with Crippen molar-refractivity contribution in [2.75, 3.05) is 13.2 Å². The molecule has 88 valence electrons. The summed E-state index contributed by atoms with van der Waals surface area (Å²) in [5, 5.41) is 9.79. The Kier molecular flexibility index (Phi) is 4.00. The molecule has 4 atom stereocenters. The Hall–Kier alpha value is -0.120. The Morgan fingerprint density at radius 1 is 1.33 bits per heavy atom. The third-order valence-electron chi connectivity index (χ3n) is 3.54. The number of aliphatic hydroxyl groups is 1. The number of hydrogen-bond donors (Lipinski definition) is 1. The molecule has 15 heavy (non-hydrogen) atoms. The molecule has 0 bridgehead atoms. The van der Waals surface area contributed by atoms with Crippen LogP contribution in [0.5, 0.6) is 0 Å². The van der Waals surface area contributed by atoms with Gasteiger partial charge >= 0.3 is 0 Å². The lowest BCUT2D eigenvalue weighted by atomic mass is 9.86. The van der Waals surface area contributed by atoms with Gasteiger partial charge in [0.2, 0.25) is 0 Å². The summed E-state index contributed by atoms with van der Waals surface area (Å²) in [5.74, 6) is 0.683. The van der Waals surface area contributed by atoms with E-state index in [2.05, 4.69) is 6.92 Å². The molecule has 0 radical (unpaired) electrons. The molecule has 3 heteroatoms. The first-order valence-corrected chi connectivity index (χ1v) is 6.17. The van der Waals surface area contributed by atoms with Gasteiger partial charge in [-0.3, -0.25) is 0 Å². The normalized spacial score (nSPS) is 42.0. The monoisotopic (exact) mass is 214 g/mol. The van der Waals surface area contributed by atoms with E-state index in [1.165, 1.54) is 0 Å². The molecule has 1 saturated heterocycles. The summed E-state index contributed by atoms with van der Waals surface area (Å²) in [5.41, 5.74) is 0. The Labute approximate surface area is 91.8 Å². The van der Waals surface area contributed by atoms with Crippen molar-refractivity contribution >= 4 is 0 Å². The predicted molar refractivity (Wildman–Crippen MR) is 57.7 cm³/mol. The molecule has 1 heterocycles. The summed E-state index contributed by atoms with van der Waals surface area (Å²) < 4.78 is 11.3. The van der Waals surface area contributed by atoms with Gasteiger partial charge in [0, 0.05) is 6.61 Å². The van der Waals surface area contributed by atoms with E-state index in [0.29, 0.717) is 12.5 Å². The molecule has 1 saturated carbocycles. The van der Waals surface area contributed by atoms with Crippen LogP contribution < -0.4 is 0 Å². The highest BCUT2D eigenvalue weighted by Crippen LogP contribution is 2.27. The minimum Gasteiger partial charge on any atom is -0.390 e. The maximum atomic E-state index is 9.79. The van der Waals surface area contributed by atoms with Crippen molar-refractivity contribution in [2.24, 2.45) is 5.92 Å². The third kappa shape index (κ3) is 3.16. The Morgan fingerprint density at radius 2 is 2.20 bits per heavy atom. The standard InChI is InChI=1S/C12H22O3/c1-9-4-5-11(13)12(7-9)15-8-10-3-2-6-14-10/h9-13H,2-8H2,1H3. The molecule has 3 nitrogen and oxygen atoms in total. The minimum atomic E-state index is -0.261. The van der Waals surface area contributed by atoms with Crippen LogP contribution in [0.25, 0.3) is 0 Å². The predicted octanol–water partition coefficient (Wildman–Crippen LogP) is 1.73. The molecule has 0 aromatic heterocycles. The Morgan fingerprint density at radius 3 is 2.93 bits per heavy atom. The Bertz CT molecular complexity index is 189. The van der Waals surface area contributed by atoms with Gasteiger partial charge < -0.3 is 14.6 Å². The van der Waals surface area contributed by atoms with E-state index in [4.69, 9.17) is 9.47 Å². The molecule has 1 aliphatic carbocycles. The zero-order valence-corrected chi connectivity index (χ0v) is 9.52. The van der Waals surface area contributed by atoms with Crippen LogP contribution in [0.3, 0.4) is 0 Å². The van der Waals surface area contributed by atoms with Gasteiger partial charge in [0.15, 0.2) is 0 Å². The van der Waals surface area contributed by atoms with Gasteiger partial charge in [0.1, 0.15) is 0 Å². The fourth-order valence-corrected chi connectivity index (χ4v) is 2.50. The zero-order chi connectivity index (χ0) is 10.7. The molecule has 2 rings (SSSR count). The molecule has 1 aliphatic heterocycles. The molecule has 2 aliphatic rings. The van der Waals surface area contributed by atoms with E-state index in [-0.39, 0.29) is 18.3 Å². The Balaban J connectivity index is 1.72. The van der Waals surface area contributed by atoms with Crippen LogP contribution in [-0.2, 0) is 9.47 Å². The molecule has 2 fully saturated rings. The first-order valence-electron chi connectivity index (χ1n) is 6.17. The largest absolute Gasteiger partial charge is 0.390 e. The fourth-order valence-electron chi connectivity index (χ4n) is 2.50. The van der Waals surface area contributed by atoms with E-state index >= 15 is 0 Å². The maximum absolute atomic E-state index is 9.79. The van der Waals surface area contributed by atoms with Crippen molar-refractivity contribution in [1.82, 2.24) is 0 Å². The number of rotatable bonds is 3. The molecule has 0 spiro atoms. The topological polar surface area (TPSA) is 38.7 Å². The summed E-state index contributed by atoms with van der Waals surface area (Å²) >= 11 is 0. The minimum absolute atomic E-state index is 0.0398. The number of aliphatic hydroxyl groups excluding tert-OH is 1. The van der Waals surface area contributed by atoms with Crippen LogP contribution in [0.2, 0.25) is 0 Å². The van der Waals surface area contributed by atoms with Gasteiger partial charge in [-0.05, 0) is 38.0 Å². The molecule has 0 aromatic carbocycles. The molecule has 4 unspecified atom stereocenters. The van der Waals surface area contributed by atoms with Crippen molar-refractivity contribution in [3.63, 3.8) is 0 Å². The van der Waals surface area contributed by atoms with Crippen LogP contribution in [0, 0.1) is 5.92 Å². The van der Waals surface area contributed by atoms with Gasteiger partial charge in [0.05, 0.1) is 24.9 Å². The van der Waals surface area contributed by atoms with Gasteiger partial charge in [-0.1, -0.05) is 6.92 Å². The van der Waals surface area contributed by atoms with Crippen molar-refractivity contribution in [3.05, 3.63) is 0 Å². The lowest BCUT2D eigenvalue weighted by Crippen LogP contribution is -2.37. The van der Waals surface area contributed by atoms with Gasteiger partial charge in [0.25, 0.3) is 0 Å².